The summed E-state index contributed by atoms with van der Waals surface area (Å²) in [5.41, 5.74) is 5.92. The molecule has 1 aliphatic heterocycles. The molecule has 0 aromatic carbocycles. The molecule has 0 aromatic rings. The Morgan fingerprint density at radius 3 is 2.53 bits per heavy atom. The smallest absolute Gasteiger partial charge is 0.223 e. The number of ether oxygens (including phenoxy) is 1. The number of hydrogen-bond acceptors (Lipinski definition) is 3. The number of nitrogens with one attached hydrogen (secondary N) is 1. The zero-order valence-electron chi connectivity index (χ0n) is 9.08. The van der Waals surface area contributed by atoms with Gasteiger partial charge in [0.1, 0.15) is 0 Å². The number of rotatable bonds is 2. The molecule has 1 saturated heterocycles. The van der Waals surface area contributed by atoms with Crippen molar-refractivity contribution in [2.45, 2.75) is 44.2 Å². The maximum Gasteiger partial charge on any atom is 0.223 e. The van der Waals surface area contributed by atoms with Gasteiger partial charge in [-0.1, -0.05) is 0 Å². The van der Waals surface area contributed by atoms with Crippen LogP contribution in [0.25, 0.3) is 0 Å². The van der Waals surface area contributed by atoms with Crippen molar-refractivity contribution in [3.05, 3.63) is 0 Å². The first-order valence-corrected chi connectivity index (χ1v) is 5.91. The van der Waals surface area contributed by atoms with Crippen molar-refractivity contribution in [1.29, 1.82) is 0 Å². The van der Waals surface area contributed by atoms with Gasteiger partial charge in [0.25, 0.3) is 0 Å². The molecule has 2 rings (SSSR count). The highest BCUT2D eigenvalue weighted by Crippen LogP contribution is 2.19. The molecule has 0 spiro atoms. The van der Waals surface area contributed by atoms with Crippen LogP contribution in [0.5, 0.6) is 0 Å². The van der Waals surface area contributed by atoms with Crippen molar-refractivity contribution in [3.8, 4) is 0 Å². The van der Waals surface area contributed by atoms with E-state index in [0.717, 1.165) is 45.3 Å². The molecule has 15 heavy (non-hydrogen) atoms. The van der Waals surface area contributed by atoms with Gasteiger partial charge in [0, 0.05) is 31.2 Å². The zero-order valence-corrected chi connectivity index (χ0v) is 9.08. The van der Waals surface area contributed by atoms with E-state index < -0.39 is 0 Å². The van der Waals surface area contributed by atoms with Gasteiger partial charge in [0.05, 0.1) is 0 Å². The molecule has 86 valence electrons. The average Bonchev–Trinajstić information content (AvgIpc) is 2.66. The van der Waals surface area contributed by atoms with Crippen LogP contribution < -0.4 is 11.1 Å². The molecule has 2 unspecified atom stereocenters. The lowest BCUT2D eigenvalue weighted by atomic mass is 9.98. The Labute approximate surface area is 90.5 Å². The molecule has 2 fully saturated rings. The fraction of sp³-hybridized carbons (Fsp3) is 0.909. The molecular formula is C11H20N2O2. The highest BCUT2D eigenvalue weighted by molar-refractivity contribution is 5.79. The van der Waals surface area contributed by atoms with Crippen LogP contribution in [0.15, 0.2) is 0 Å². The minimum absolute atomic E-state index is 0.145. The summed E-state index contributed by atoms with van der Waals surface area (Å²) in [4.78, 5) is 11.9. The number of amides is 1. The van der Waals surface area contributed by atoms with Gasteiger partial charge in [-0.05, 0) is 32.1 Å². The Balaban J connectivity index is 1.80. The minimum atomic E-state index is 0.145. The standard InChI is InChI=1S/C11H20N2O2/c12-9-2-1-3-10(9)13-11(14)8-4-6-15-7-5-8/h8-10H,1-7,12H2,(H,13,14). The molecule has 3 N–H and O–H groups in total. The maximum absolute atomic E-state index is 11.9. The first kappa shape index (κ1) is 10.9. The lowest BCUT2D eigenvalue weighted by molar-refractivity contribution is -0.128. The quantitative estimate of drug-likeness (QED) is 0.696. The van der Waals surface area contributed by atoms with Gasteiger partial charge in [-0.25, -0.2) is 0 Å². The number of hydrogen-bond donors (Lipinski definition) is 2. The third-order valence-electron chi connectivity index (χ3n) is 3.49. The molecule has 0 radical (unpaired) electrons. The number of carbonyl (C=O) groups is 1. The first-order valence-electron chi connectivity index (χ1n) is 5.91. The van der Waals surface area contributed by atoms with Crippen molar-refractivity contribution in [3.63, 3.8) is 0 Å². The monoisotopic (exact) mass is 212 g/mol. The van der Waals surface area contributed by atoms with Crippen LogP contribution in [-0.2, 0) is 9.53 Å². The van der Waals surface area contributed by atoms with Crippen LogP contribution in [-0.4, -0.2) is 31.2 Å². The van der Waals surface area contributed by atoms with Crippen LogP contribution in [0.2, 0.25) is 0 Å². The van der Waals surface area contributed by atoms with Crippen molar-refractivity contribution >= 4 is 5.91 Å². The van der Waals surface area contributed by atoms with E-state index in [4.69, 9.17) is 10.5 Å². The summed E-state index contributed by atoms with van der Waals surface area (Å²) in [6.07, 6.45) is 4.93. The average molecular weight is 212 g/mol. The largest absolute Gasteiger partial charge is 0.381 e. The van der Waals surface area contributed by atoms with Gasteiger partial charge in [-0.15, -0.1) is 0 Å². The zero-order chi connectivity index (χ0) is 10.7. The minimum Gasteiger partial charge on any atom is -0.381 e. The van der Waals surface area contributed by atoms with E-state index in [0.29, 0.717) is 0 Å². The van der Waals surface area contributed by atoms with E-state index >= 15 is 0 Å². The second-order valence-corrected chi connectivity index (χ2v) is 4.60. The topological polar surface area (TPSA) is 64.3 Å². The van der Waals surface area contributed by atoms with Gasteiger partial charge < -0.3 is 15.8 Å². The fourth-order valence-electron chi connectivity index (χ4n) is 2.43. The van der Waals surface area contributed by atoms with Crippen molar-refractivity contribution in [2.24, 2.45) is 11.7 Å². The van der Waals surface area contributed by atoms with Gasteiger partial charge >= 0.3 is 0 Å². The summed E-state index contributed by atoms with van der Waals surface area (Å²) in [6, 6.07) is 0.370. The van der Waals surface area contributed by atoms with Gasteiger partial charge in [-0.2, -0.15) is 0 Å². The summed E-state index contributed by atoms with van der Waals surface area (Å²) >= 11 is 0. The molecule has 4 nitrogen and oxygen atoms in total. The number of nitrogens with two attached hydrogens (primary N) is 1. The van der Waals surface area contributed by atoms with E-state index in [1.807, 2.05) is 0 Å². The van der Waals surface area contributed by atoms with Crippen LogP contribution in [0.4, 0.5) is 0 Å². The van der Waals surface area contributed by atoms with Crippen molar-refractivity contribution < 1.29 is 9.53 Å². The van der Waals surface area contributed by atoms with Crippen molar-refractivity contribution in [1.82, 2.24) is 5.32 Å². The maximum atomic E-state index is 11.9. The Hall–Kier alpha value is -0.610. The summed E-state index contributed by atoms with van der Waals surface area (Å²) < 4.78 is 5.24. The lowest BCUT2D eigenvalue weighted by Crippen LogP contribution is -2.47. The molecule has 2 atom stereocenters. The summed E-state index contributed by atoms with van der Waals surface area (Å²) in [5.74, 6) is 0.326. The van der Waals surface area contributed by atoms with Gasteiger partial charge in [0.2, 0.25) is 5.91 Å². The molecular weight excluding hydrogens is 192 g/mol. The van der Waals surface area contributed by atoms with Crippen molar-refractivity contribution in [2.75, 3.05) is 13.2 Å². The summed E-state index contributed by atoms with van der Waals surface area (Å²) in [7, 11) is 0. The summed E-state index contributed by atoms with van der Waals surface area (Å²) in [6.45, 7) is 1.43. The second-order valence-electron chi connectivity index (χ2n) is 4.60. The highest BCUT2D eigenvalue weighted by Gasteiger charge is 2.28. The molecule has 0 aromatic heterocycles. The Morgan fingerprint density at radius 2 is 1.93 bits per heavy atom. The molecule has 1 aliphatic carbocycles. The highest BCUT2D eigenvalue weighted by atomic mass is 16.5. The molecule has 1 heterocycles. The second kappa shape index (κ2) is 4.94. The Morgan fingerprint density at radius 1 is 1.20 bits per heavy atom. The van der Waals surface area contributed by atoms with E-state index in [1.54, 1.807) is 0 Å². The molecule has 1 saturated carbocycles. The molecule has 1 amide bonds. The van der Waals surface area contributed by atoms with Crippen LogP contribution in [0.1, 0.15) is 32.1 Å². The van der Waals surface area contributed by atoms with E-state index in [-0.39, 0.29) is 23.9 Å². The van der Waals surface area contributed by atoms with E-state index in [9.17, 15) is 4.79 Å². The van der Waals surface area contributed by atoms with E-state index in [1.165, 1.54) is 0 Å². The Kier molecular flexibility index (Phi) is 3.59. The molecule has 0 bridgehead atoms. The predicted molar refractivity (Wildman–Crippen MR) is 57.3 cm³/mol. The fourth-order valence-corrected chi connectivity index (χ4v) is 2.43. The predicted octanol–water partition coefficient (Wildman–Crippen LogP) is 0.409. The van der Waals surface area contributed by atoms with E-state index in [2.05, 4.69) is 5.32 Å². The van der Waals surface area contributed by atoms with Gasteiger partial charge in [0.15, 0.2) is 0 Å². The first-order chi connectivity index (χ1) is 7.27. The van der Waals surface area contributed by atoms with Gasteiger partial charge in [-0.3, -0.25) is 4.79 Å². The SMILES string of the molecule is NC1CCCC1NC(=O)C1CCOCC1. The van der Waals surface area contributed by atoms with Crippen LogP contribution in [0, 0.1) is 5.92 Å². The third kappa shape index (κ3) is 2.69. The van der Waals surface area contributed by atoms with Crippen LogP contribution in [0.3, 0.4) is 0 Å². The third-order valence-corrected chi connectivity index (χ3v) is 3.49. The summed E-state index contributed by atoms with van der Waals surface area (Å²) in [5, 5.41) is 3.08. The lowest BCUT2D eigenvalue weighted by Gasteiger charge is -2.24. The Bertz CT molecular complexity index is 227. The molecule has 4 heteroatoms. The van der Waals surface area contributed by atoms with Crippen LogP contribution >= 0.6 is 0 Å². The normalized spacial score (nSPS) is 32.9. The molecule has 2 aliphatic rings. The number of carbonyl (C=O) groups excluding carboxylic acids is 1.